The van der Waals surface area contributed by atoms with Crippen molar-refractivity contribution in [2.24, 2.45) is 0 Å². The van der Waals surface area contributed by atoms with Gasteiger partial charge in [-0.2, -0.15) is 0 Å². The molecule has 3 nitrogen and oxygen atoms in total. The Kier molecular flexibility index (Phi) is 3.88. The molecule has 0 spiro atoms. The number of pyridine rings is 1. The van der Waals surface area contributed by atoms with Crippen LogP contribution in [-0.2, 0) is 5.75 Å². The zero-order valence-corrected chi connectivity index (χ0v) is 10.4. The Balaban J connectivity index is 2.09. The number of thioether (sulfide) groups is 1. The SMILES string of the molecule is COc1cc(N)ccc1SCc1ccncc1. The van der Waals surface area contributed by atoms with Crippen molar-refractivity contribution in [2.45, 2.75) is 10.6 Å². The van der Waals surface area contributed by atoms with Crippen LogP contribution in [0.15, 0.2) is 47.6 Å². The first-order valence-corrected chi connectivity index (χ1v) is 6.23. The normalized spacial score (nSPS) is 10.2. The van der Waals surface area contributed by atoms with Crippen molar-refractivity contribution >= 4 is 17.4 Å². The third-order valence-corrected chi connectivity index (χ3v) is 3.46. The van der Waals surface area contributed by atoms with Crippen LogP contribution in [0.5, 0.6) is 5.75 Å². The Labute approximate surface area is 105 Å². The van der Waals surface area contributed by atoms with Gasteiger partial charge in [0, 0.05) is 34.8 Å². The predicted octanol–water partition coefficient (Wildman–Crippen LogP) is 2.96. The Morgan fingerprint density at radius 1 is 1.24 bits per heavy atom. The molecule has 0 aliphatic heterocycles. The minimum atomic E-state index is 0.718. The molecule has 0 bridgehead atoms. The molecule has 0 amide bonds. The summed E-state index contributed by atoms with van der Waals surface area (Å²) in [6.07, 6.45) is 3.60. The van der Waals surface area contributed by atoms with E-state index in [2.05, 4.69) is 4.98 Å². The second kappa shape index (κ2) is 5.59. The zero-order chi connectivity index (χ0) is 12.1. The summed E-state index contributed by atoms with van der Waals surface area (Å²) >= 11 is 1.73. The molecular weight excluding hydrogens is 232 g/mol. The molecule has 1 aromatic carbocycles. The van der Waals surface area contributed by atoms with Crippen molar-refractivity contribution in [3.63, 3.8) is 0 Å². The predicted molar refractivity (Wildman–Crippen MR) is 71.2 cm³/mol. The van der Waals surface area contributed by atoms with Crippen LogP contribution < -0.4 is 10.5 Å². The van der Waals surface area contributed by atoms with Gasteiger partial charge in [0.1, 0.15) is 5.75 Å². The summed E-state index contributed by atoms with van der Waals surface area (Å²) in [5.41, 5.74) is 7.67. The van der Waals surface area contributed by atoms with Crippen LogP contribution >= 0.6 is 11.8 Å². The maximum Gasteiger partial charge on any atom is 0.134 e. The smallest absolute Gasteiger partial charge is 0.134 e. The molecule has 0 unspecified atom stereocenters. The van der Waals surface area contributed by atoms with Gasteiger partial charge < -0.3 is 10.5 Å². The lowest BCUT2D eigenvalue weighted by molar-refractivity contribution is 0.405. The van der Waals surface area contributed by atoms with Crippen LogP contribution in [0.25, 0.3) is 0 Å². The van der Waals surface area contributed by atoms with E-state index >= 15 is 0 Å². The average molecular weight is 246 g/mol. The summed E-state index contributed by atoms with van der Waals surface area (Å²) in [7, 11) is 1.66. The molecule has 17 heavy (non-hydrogen) atoms. The topological polar surface area (TPSA) is 48.1 Å². The van der Waals surface area contributed by atoms with Gasteiger partial charge in [0.2, 0.25) is 0 Å². The molecule has 0 atom stereocenters. The van der Waals surface area contributed by atoms with E-state index in [0.29, 0.717) is 0 Å². The number of hydrogen-bond donors (Lipinski definition) is 1. The maximum atomic E-state index is 5.71. The first-order valence-electron chi connectivity index (χ1n) is 5.25. The summed E-state index contributed by atoms with van der Waals surface area (Å²) < 4.78 is 5.30. The maximum absolute atomic E-state index is 5.71. The van der Waals surface area contributed by atoms with Gasteiger partial charge in [0.25, 0.3) is 0 Å². The molecule has 4 heteroatoms. The van der Waals surface area contributed by atoms with Crippen LogP contribution in [-0.4, -0.2) is 12.1 Å². The molecule has 0 saturated carbocycles. The van der Waals surface area contributed by atoms with Crippen LogP contribution in [0.3, 0.4) is 0 Å². The molecule has 0 aliphatic carbocycles. The molecule has 0 aliphatic rings. The molecular formula is C13H14N2OS. The van der Waals surface area contributed by atoms with E-state index in [1.807, 2.05) is 30.3 Å². The summed E-state index contributed by atoms with van der Waals surface area (Å²) in [5.74, 6) is 1.71. The lowest BCUT2D eigenvalue weighted by Crippen LogP contribution is -1.90. The van der Waals surface area contributed by atoms with Crippen LogP contribution in [0.4, 0.5) is 5.69 Å². The standard InChI is InChI=1S/C13H14N2OS/c1-16-12-8-11(14)2-3-13(12)17-9-10-4-6-15-7-5-10/h2-8H,9,14H2,1H3. The van der Waals surface area contributed by atoms with Crippen LogP contribution in [0.2, 0.25) is 0 Å². The lowest BCUT2D eigenvalue weighted by Gasteiger charge is -2.08. The van der Waals surface area contributed by atoms with Crippen molar-refractivity contribution in [1.82, 2.24) is 4.98 Å². The largest absolute Gasteiger partial charge is 0.496 e. The second-order valence-corrected chi connectivity index (χ2v) is 4.57. The van der Waals surface area contributed by atoms with Gasteiger partial charge in [-0.15, -0.1) is 11.8 Å². The number of ether oxygens (including phenoxy) is 1. The summed E-state index contributed by atoms with van der Waals surface area (Å²) in [6.45, 7) is 0. The molecule has 0 saturated heterocycles. The second-order valence-electron chi connectivity index (χ2n) is 3.55. The number of benzene rings is 1. The number of rotatable bonds is 4. The number of anilines is 1. The molecule has 88 valence electrons. The fourth-order valence-electron chi connectivity index (χ4n) is 1.44. The van der Waals surface area contributed by atoms with Gasteiger partial charge in [-0.05, 0) is 29.8 Å². The molecule has 1 aromatic heterocycles. The Morgan fingerprint density at radius 2 is 2.00 bits per heavy atom. The number of hydrogen-bond acceptors (Lipinski definition) is 4. The summed E-state index contributed by atoms with van der Waals surface area (Å²) in [6, 6.07) is 9.74. The van der Waals surface area contributed by atoms with Gasteiger partial charge in [-0.3, -0.25) is 4.98 Å². The fourth-order valence-corrected chi connectivity index (χ4v) is 2.41. The van der Waals surface area contributed by atoms with Gasteiger partial charge in [-0.1, -0.05) is 0 Å². The Morgan fingerprint density at radius 3 is 2.71 bits per heavy atom. The highest BCUT2D eigenvalue weighted by molar-refractivity contribution is 7.98. The minimum absolute atomic E-state index is 0.718. The number of nitrogens with two attached hydrogens (primary N) is 1. The van der Waals surface area contributed by atoms with Crippen molar-refractivity contribution in [1.29, 1.82) is 0 Å². The zero-order valence-electron chi connectivity index (χ0n) is 9.59. The molecule has 1 heterocycles. The van der Waals surface area contributed by atoms with Gasteiger partial charge in [0.05, 0.1) is 7.11 Å². The van der Waals surface area contributed by atoms with Crippen molar-refractivity contribution in [2.75, 3.05) is 12.8 Å². The van der Waals surface area contributed by atoms with E-state index in [1.54, 1.807) is 31.3 Å². The third kappa shape index (κ3) is 3.14. The highest BCUT2D eigenvalue weighted by atomic mass is 32.2. The van der Waals surface area contributed by atoms with E-state index in [0.717, 1.165) is 22.1 Å². The molecule has 2 rings (SSSR count). The summed E-state index contributed by atoms with van der Waals surface area (Å²) in [5, 5.41) is 0. The number of aromatic nitrogens is 1. The summed E-state index contributed by atoms with van der Waals surface area (Å²) in [4.78, 5) is 5.09. The van der Waals surface area contributed by atoms with Gasteiger partial charge >= 0.3 is 0 Å². The van der Waals surface area contributed by atoms with E-state index in [1.165, 1.54) is 5.56 Å². The van der Waals surface area contributed by atoms with Gasteiger partial charge in [-0.25, -0.2) is 0 Å². The third-order valence-electron chi connectivity index (χ3n) is 2.33. The van der Waals surface area contributed by atoms with E-state index in [4.69, 9.17) is 10.5 Å². The fraction of sp³-hybridized carbons (Fsp3) is 0.154. The minimum Gasteiger partial charge on any atom is -0.496 e. The number of nitrogen functional groups attached to an aromatic ring is 1. The quantitative estimate of drug-likeness (QED) is 0.665. The Hall–Kier alpha value is -1.68. The van der Waals surface area contributed by atoms with Gasteiger partial charge in [0.15, 0.2) is 0 Å². The van der Waals surface area contributed by atoms with Crippen molar-refractivity contribution in [3.8, 4) is 5.75 Å². The molecule has 2 N–H and O–H groups in total. The van der Waals surface area contributed by atoms with Crippen LogP contribution in [0.1, 0.15) is 5.56 Å². The number of methoxy groups -OCH3 is 1. The van der Waals surface area contributed by atoms with E-state index < -0.39 is 0 Å². The van der Waals surface area contributed by atoms with Crippen LogP contribution in [0, 0.1) is 0 Å². The highest BCUT2D eigenvalue weighted by Crippen LogP contribution is 2.32. The van der Waals surface area contributed by atoms with Crippen molar-refractivity contribution in [3.05, 3.63) is 48.3 Å². The molecule has 2 aromatic rings. The number of nitrogens with zero attached hydrogens (tertiary/aromatic N) is 1. The first kappa shape index (κ1) is 11.8. The first-order chi connectivity index (χ1) is 8.29. The monoisotopic (exact) mass is 246 g/mol. The van der Waals surface area contributed by atoms with E-state index in [9.17, 15) is 0 Å². The van der Waals surface area contributed by atoms with E-state index in [-0.39, 0.29) is 0 Å². The van der Waals surface area contributed by atoms with Crippen molar-refractivity contribution < 1.29 is 4.74 Å². The molecule has 0 radical (unpaired) electrons. The highest BCUT2D eigenvalue weighted by Gasteiger charge is 2.04. The lowest BCUT2D eigenvalue weighted by atomic mass is 10.3. The molecule has 0 fully saturated rings. The Bertz CT molecular complexity index is 488. The average Bonchev–Trinajstić information content (AvgIpc) is 2.38.